The molecule has 1 aromatic heterocycles. The number of anilines is 1. The van der Waals surface area contributed by atoms with Crippen LogP contribution in [0.15, 0.2) is 24.4 Å². The van der Waals surface area contributed by atoms with Crippen molar-refractivity contribution in [2.75, 3.05) is 19.5 Å². The first-order valence-electron chi connectivity index (χ1n) is 5.93. The largest absolute Gasteiger partial charge is 0.493 e. The molecule has 0 bridgehead atoms. The zero-order chi connectivity index (χ0) is 13.1. The molecular formula is C14H18N2O2. The predicted molar refractivity (Wildman–Crippen MR) is 73.6 cm³/mol. The van der Waals surface area contributed by atoms with E-state index in [9.17, 15) is 0 Å². The third-order valence-corrected chi connectivity index (χ3v) is 2.69. The van der Waals surface area contributed by atoms with Gasteiger partial charge in [-0.3, -0.25) is 4.98 Å². The Bertz CT molecular complexity index is 553. The van der Waals surface area contributed by atoms with Gasteiger partial charge in [-0.05, 0) is 26.0 Å². The van der Waals surface area contributed by atoms with Crippen LogP contribution in [0.3, 0.4) is 0 Å². The number of hydrogen-bond donors (Lipinski definition) is 1. The van der Waals surface area contributed by atoms with Crippen molar-refractivity contribution in [1.82, 2.24) is 4.98 Å². The summed E-state index contributed by atoms with van der Waals surface area (Å²) in [4.78, 5) is 4.36. The van der Waals surface area contributed by atoms with Crippen LogP contribution in [0, 0.1) is 0 Å². The highest BCUT2D eigenvalue weighted by molar-refractivity contribution is 5.93. The lowest BCUT2D eigenvalue weighted by atomic mass is 10.1. The molecule has 0 unspecified atom stereocenters. The lowest BCUT2D eigenvalue weighted by Gasteiger charge is -2.14. The van der Waals surface area contributed by atoms with Crippen molar-refractivity contribution in [3.05, 3.63) is 24.4 Å². The summed E-state index contributed by atoms with van der Waals surface area (Å²) in [7, 11) is 3.26. The maximum atomic E-state index is 5.32. The van der Waals surface area contributed by atoms with E-state index in [0.29, 0.717) is 17.5 Å². The van der Waals surface area contributed by atoms with Gasteiger partial charge in [0.25, 0.3) is 0 Å². The summed E-state index contributed by atoms with van der Waals surface area (Å²) in [5.41, 5.74) is 1.94. The van der Waals surface area contributed by atoms with E-state index in [1.165, 1.54) is 0 Å². The molecule has 2 rings (SSSR count). The molecule has 0 aliphatic heterocycles. The molecule has 0 saturated heterocycles. The average Bonchev–Trinajstić information content (AvgIpc) is 2.37. The van der Waals surface area contributed by atoms with E-state index in [1.807, 2.05) is 18.2 Å². The smallest absolute Gasteiger partial charge is 0.162 e. The first-order chi connectivity index (χ1) is 8.65. The number of aromatic nitrogens is 1. The molecule has 1 N–H and O–H groups in total. The minimum absolute atomic E-state index is 0.365. The van der Waals surface area contributed by atoms with Gasteiger partial charge >= 0.3 is 0 Å². The third-order valence-electron chi connectivity index (χ3n) is 2.69. The van der Waals surface area contributed by atoms with E-state index in [4.69, 9.17) is 9.47 Å². The van der Waals surface area contributed by atoms with Crippen LogP contribution >= 0.6 is 0 Å². The van der Waals surface area contributed by atoms with Crippen LogP contribution in [0.25, 0.3) is 10.9 Å². The van der Waals surface area contributed by atoms with E-state index < -0.39 is 0 Å². The summed E-state index contributed by atoms with van der Waals surface area (Å²) in [5, 5.41) is 4.43. The zero-order valence-electron chi connectivity index (χ0n) is 11.2. The van der Waals surface area contributed by atoms with Gasteiger partial charge in [-0.2, -0.15) is 0 Å². The van der Waals surface area contributed by atoms with Crippen molar-refractivity contribution in [2.45, 2.75) is 19.9 Å². The molecule has 0 aliphatic rings. The second-order valence-corrected chi connectivity index (χ2v) is 4.38. The van der Waals surface area contributed by atoms with E-state index in [1.54, 1.807) is 20.4 Å². The third kappa shape index (κ3) is 2.32. The Kier molecular flexibility index (Phi) is 3.55. The maximum absolute atomic E-state index is 5.32. The number of rotatable bonds is 4. The number of benzene rings is 1. The van der Waals surface area contributed by atoms with Gasteiger partial charge in [0.05, 0.1) is 19.7 Å². The van der Waals surface area contributed by atoms with Crippen LogP contribution in [0.5, 0.6) is 11.5 Å². The van der Waals surface area contributed by atoms with E-state index >= 15 is 0 Å². The quantitative estimate of drug-likeness (QED) is 0.900. The normalized spacial score (nSPS) is 10.7. The molecule has 18 heavy (non-hydrogen) atoms. The van der Waals surface area contributed by atoms with Gasteiger partial charge in [0.1, 0.15) is 0 Å². The van der Waals surface area contributed by atoms with Gasteiger partial charge < -0.3 is 14.8 Å². The molecule has 1 heterocycles. The first-order valence-corrected chi connectivity index (χ1v) is 5.93. The van der Waals surface area contributed by atoms with E-state index in [-0.39, 0.29) is 0 Å². The van der Waals surface area contributed by atoms with Gasteiger partial charge in [0, 0.05) is 29.4 Å². The highest BCUT2D eigenvalue weighted by Gasteiger charge is 2.10. The summed E-state index contributed by atoms with van der Waals surface area (Å²) in [5.74, 6) is 1.41. The Labute approximate surface area is 107 Å². The maximum Gasteiger partial charge on any atom is 0.162 e. The monoisotopic (exact) mass is 246 g/mol. The lowest BCUT2D eigenvalue weighted by molar-refractivity contribution is 0.356. The minimum Gasteiger partial charge on any atom is -0.493 e. The molecule has 0 aliphatic carbocycles. The number of nitrogens with one attached hydrogen (secondary N) is 1. The molecule has 1 aromatic carbocycles. The fourth-order valence-corrected chi connectivity index (χ4v) is 1.91. The zero-order valence-corrected chi connectivity index (χ0v) is 11.2. The number of nitrogens with zero attached hydrogens (tertiary/aromatic N) is 1. The molecule has 0 spiro atoms. The highest BCUT2D eigenvalue weighted by atomic mass is 16.5. The Morgan fingerprint density at radius 2 is 1.78 bits per heavy atom. The molecule has 0 radical (unpaired) electrons. The summed E-state index contributed by atoms with van der Waals surface area (Å²) in [6.07, 6.45) is 1.79. The van der Waals surface area contributed by atoms with Crippen LogP contribution in [0.1, 0.15) is 13.8 Å². The van der Waals surface area contributed by atoms with Crippen LogP contribution in [0.2, 0.25) is 0 Å². The van der Waals surface area contributed by atoms with Gasteiger partial charge in [-0.25, -0.2) is 0 Å². The number of methoxy groups -OCH3 is 2. The molecule has 0 atom stereocenters. The molecule has 4 nitrogen and oxygen atoms in total. The molecule has 0 fully saturated rings. The summed E-state index contributed by atoms with van der Waals surface area (Å²) in [6, 6.07) is 6.17. The van der Waals surface area contributed by atoms with Crippen LogP contribution in [-0.2, 0) is 0 Å². The Morgan fingerprint density at radius 1 is 1.11 bits per heavy atom. The number of fused-ring (bicyclic) bond motifs is 1. The summed E-state index contributed by atoms with van der Waals surface area (Å²) >= 11 is 0. The van der Waals surface area contributed by atoms with Crippen molar-refractivity contribution < 1.29 is 9.47 Å². The average molecular weight is 246 g/mol. The minimum atomic E-state index is 0.365. The molecule has 2 aromatic rings. The lowest BCUT2D eigenvalue weighted by Crippen LogP contribution is -2.10. The van der Waals surface area contributed by atoms with Gasteiger partial charge in [0.15, 0.2) is 11.5 Å². The molecule has 0 saturated carbocycles. The topological polar surface area (TPSA) is 43.4 Å². The molecule has 96 valence electrons. The number of hydrogen-bond acceptors (Lipinski definition) is 4. The van der Waals surface area contributed by atoms with Crippen molar-refractivity contribution in [3.8, 4) is 11.5 Å². The predicted octanol–water partition coefficient (Wildman–Crippen LogP) is 3.07. The highest BCUT2D eigenvalue weighted by Crippen LogP contribution is 2.34. The number of pyridine rings is 1. The van der Waals surface area contributed by atoms with Gasteiger partial charge in [-0.15, -0.1) is 0 Å². The second-order valence-electron chi connectivity index (χ2n) is 4.38. The van der Waals surface area contributed by atoms with Gasteiger partial charge in [0.2, 0.25) is 0 Å². The van der Waals surface area contributed by atoms with Crippen molar-refractivity contribution >= 4 is 16.6 Å². The Morgan fingerprint density at radius 3 is 2.39 bits per heavy atom. The van der Waals surface area contributed by atoms with Crippen molar-refractivity contribution in [3.63, 3.8) is 0 Å². The summed E-state index contributed by atoms with van der Waals surface area (Å²) in [6.45, 7) is 4.21. The van der Waals surface area contributed by atoms with Gasteiger partial charge in [-0.1, -0.05) is 0 Å². The Hall–Kier alpha value is -1.97. The standard InChI is InChI=1S/C14H18N2O2/c1-9(2)16-11-5-6-15-12-8-14(18-4)13(17-3)7-10(11)12/h5-9H,1-4H3,(H,15,16). The molecule has 4 heteroatoms. The van der Waals surface area contributed by atoms with E-state index in [0.717, 1.165) is 16.6 Å². The molecular weight excluding hydrogens is 228 g/mol. The van der Waals surface area contributed by atoms with Crippen LogP contribution in [-0.4, -0.2) is 25.2 Å². The summed E-state index contributed by atoms with van der Waals surface area (Å²) < 4.78 is 10.6. The Balaban J connectivity index is 2.61. The van der Waals surface area contributed by atoms with Crippen molar-refractivity contribution in [2.24, 2.45) is 0 Å². The second kappa shape index (κ2) is 5.12. The van der Waals surface area contributed by atoms with Crippen LogP contribution < -0.4 is 14.8 Å². The number of ether oxygens (including phenoxy) is 2. The van der Waals surface area contributed by atoms with Crippen LogP contribution in [0.4, 0.5) is 5.69 Å². The van der Waals surface area contributed by atoms with E-state index in [2.05, 4.69) is 24.1 Å². The fraction of sp³-hybridized carbons (Fsp3) is 0.357. The first kappa shape index (κ1) is 12.5. The fourth-order valence-electron chi connectivity index (χ4n) is 1.91. The molecule has 0 amide bonds. The SMILES string of the molecule is COc1cc2nccc(NC(C)C)c2cc1OC. The van der Waals surface area contributed by atoms with Crippen molar-refractivity contribution in [1.29, 1.82) is 0 Å².